The molecule has 3 rings (SSSR count). The van der Waals surface area contributed by atoms with E-state index in [2.05, 4.69) is 17.6 Å². The number of hydrogen-bond donors (Lipinski definition) is 3. The topological polar surface area (TPSA) is 67.8 Å². The van der Waals surface area contributed by atoms with Crippen molar-refractivity contribution in [3.8, 4) is 11.1 Å². The number of thiocarbonyl (C=S) groups is 1. The maximum Gasteiger partial charge on any atom is 0.104 e. The van der Waals surface area contributed by atoms with Crippen molar-refractivity contribution in [1.82, 2.24) is 4.98 Å². The first-order chi connectivity index (χ1) is 10.1. The molecular formula is C17H15N3S. The van der Waals surface area contributed by atoms with Gasteiger partial charge in [0, 0.05) is 33.9 Å². The number of fused-ring (bicyclic) bond motifs is 1. The lowest BCUT2D eigenvalue weighted by molar-refractivity contribution is 1.46. The molecule has 1 heterocycles. The van der Waals surface area contributed by atoms with Crippen molar-refractivity contribution >= 4 is 33.8 Å². The van der Waals surface area contributed by atoms with Gasteiger partial charge in [-0.15, -0.1) is 0 Å². The Balaban J connectivity index is 2.15. The molecule has 0 unspecified atom stereocenters. The lowest BCUT2D eigenvalue weighted by atomic mass is 10.0. The van der Waals surface area contributed by atoms with Crippen LogP contribution in [0.15, 0.2) is 55.2 Å². The fraction of sp³-hybridized carbons (Fsp3) is 0. The van der Waals surface area contributed by atoms with Gasteiger partial charge in [-0.1, -0.05) is 49.1 Å². The smallest absolute Gasteiger partial charge is 0.104 e. The van der Waals surface area contributed by atoms with E-state index in [0.717, 1.165) is 33.2 Å². The largest absolute Gasteiger partial charge is 0.399 e. The average Bonchev–Trinajstić information content (AvgIpc) is 2.90. The summed E-state index contributed by atoms with van der Waals surface area (Å²) in [6.07, 6.45) is 1.98. The molecule has 0 radical (unpaired) electrons. The van der Waals surface area contributed by atoms with Gasteiger partial charge in [0.15, 0.2) is 0 Å². The van der Waals surface area contributed by atoms with Crippen molar-refractivity contribution in [2.24, 2.45) is 11.5 Å². The van der Waals surface area contributed by atoms with E-state index < -0.39 is 0 Å². The molecule has 0 aliphatic rings. The zero-order valence-electron chi connectivity index (χ0n) is 11.4. The van der Waals surface area contributed by atoms with Gasteiger partial charge in [0.1, 0.15) is 4.99 Å². The first-order valence-corrected chi connectivity index (χ1v) is 6.93. The molecule has 4 heteroatoms. The van der Waals surface area contributed by atoms with Gasteiger partial charge in [-0.2, -0.15) is 0 Å². The molecule has 0 spiro atoms. The summed E-state index contributed by atoms with van der Waals surface area (Å²) in [6.45, 7) is 3.78. The van der Waals surface area contributed by atoms with Crippen molar-refractivity contribution in [1.29, 1.82) is 0 Å². The van der Waals surface area contributed by atoms with E-state index in [1.165, 1.54) is 0 Å². The summed E-state index contributed by atoms with van der Waals surface area (Å²) in [6, 6.07) is 13.9. The Morgan fingerprint density at radius 2 is 1.86 bits per heavy atom. The predicted molar refractivity (Wildman–Crippen MR) is 92.8 cm³/mol. The lowest BCUT2D eigenvalue weighted by Gasteiger charge is -2.05. The second kappa shape index (κ2) is 5.07. The molecule has 5 N–H and O–H groups in total. The standard InChI is InChI=1S/C17H15N3S/c1-10(18)11-3-2-4-12(7-11)15-9-20-16-8-13(17(19)21)5-6-14(15)16/h2-9,20H,1,18H2,(H2,19,21). The molecule has 0 aliphatic heterocycles. The Labute approximate surface area is 128 Å². The molecule has 21 heavy (non-hydrogen) atoms. The number of H-pyrrole nitrogens is 1. The van der Waals surface area contributed by atoms with Gasteiger partial charge < -0.3 is 16.5 Å². The minimum Gasteiger partial charge on any atom is -0.399 e. The van der Waals surface area contributed by atoms with Crippen molar-refractivity contribution in [3.63, 3.8) is 0 Å². The summed E-state index contributed by atoms with van der Waals surface area (Å²) in [7, 11) is 0. The van der Waals surface area contributed by atoms with Crippen LogP contribution in [0, 0.1) is 0 Å². The lowest BCUT2D eigenvalue weighted by Crippen LogP contribution is -2.08. The number of hydrogen-bond acceptors (Lipinski definition) is 2. The van der Waals surface area contributed by atoms with Crippen LogP contribution < -0.4 is 11.5 Å². The fourth-order valence-electron chi connectivity index (χ4n) is 2.40. The van der Waals surface area contributed by atoms with Crippen LogP contribution in [0.5, 0.6) is 0 Å². The van der Waals surface area contributed by atoms with E-state index in [1.54, 1.807) is 0 Å². The molecule has 0 aliphatic carbocycles. The van der Waals surface area contributed by atoms with Crippen molar-refractivity contribution in [3.05, 3.63) is 66.4 Å². The summed E-state index contributed by atoms with van der Waals surface area (Å²) in [4.78, 5) is 3.66. The molecule has 0 bridgehead atoms. The molecule has 0 atom stereocenters. The summed E-state index contributed by atoms with van der Waals surface area (Å²) in [5, 5.41) is 1.12. The maximum absolute atomic E-state index is 5.77. The van der Waals surface area contributed by atoms with E-state index in [4.69, 9.17) is 23.7 Å². The normalized spacial score (nSPS) is 10.7. The molecule has 0 saturated heterocycles. The van der Waals surface area contributed by atoms with Gasteiger partial charge in [-0.25, -0.2) is 0 Å². The Morgan fingerprint density at radius 3 is 2.57 bits per heavy atom. The van der Waals surface area contributed by atoms with Gasteiger partial charge in [0.2, 0.25) is 0 Å². The fourth-order valence-corrected chi connectivity index (χ4v) is 2.53. The number of benzene rings is 2. The van der Waals surface area contributed by atoms with E-state index in [-0.39, 0.29) is 0 Å². The highest BCUT2D eigenvalue weighted by Gasteiger charge is 2.08. The minimum atomic E-state index is 0.398. The Kier molecular flexibility index (Phi) is 3.23. The molecule has 3 aromatic rings. The van der Waals surface area contributed by atoms with Crippen LogP contribution in [-0.2, 0) is 0 Å². The summed E-state index contributed by atoms with van der Waals surface area (Å²) in [5.74, 6) is 0. The first-order valence-electron chi connectivity index (χ1n) is 6.52. The number of nitrogens with two attached hydrogens (primary N) is 2. The van der Waals surface area contributed by atoms with E-state index in [9.17, 15) is 0 Å². The molecule has 3 nitrogen and oxygen atoms in total. The van der Waals surface area contributed by atoms with Crippen LogP contribution in [0.25, 0.3) is 27.7 Å². The number of aromatic nitrogens is 1. The highest BCUT2D eigenvalue weighted by molar-refractivity contribution is 7.80. The second-order valence-corrected chi connectivity index (χ2v) is 5.37. The molecule has 0 saturated carbocycles. The van der Waals surface area contributed by atoms with Gasteiger partial charge in [-0.3, -0.25) is 0 Å². The molecule has 0 amide bonds. The van der Waals surface area contributed by atoms with Crippen molar-refractivity contribution in [2.45, 2.75) is 0 Å². The van der Waals surface area contributed by atoms with E-state index in [1.807, 2.05) is 42.6 Å². The third-order valence-corrected chi connectivity index (χ3v) is 3.75. The van der Waals surface area contributed by atoms with Crippen LogP contribution in [0.1, 0.15) is 11.1 Å². The van der Waals surface area contributed by atoms with Gasteiger partial charge >= 0.3 is 0 Å². The SMILES string of the molecule is C=C(N)c1cccc(-c2c[nH]c3cc(C(N)=S)ccc23)c1. The molecule has 104 valence electrons. The van der Waals surface area contributed by atoms with Crippen LogP contribution in [0.3, 0.4) is 0 Å². The quantitative estimate of drug-likeness (QED) is 0.648. The zero-order chi connectivity index (χ0) is 15.0. The van der Waals surface area contributed by atoms with E-state index >= 15 is 0 Å². The number of nitrogens with one attached hydrogen (secondary N) is 1. The monoisotopic (exact) mass is 293 g/mol. The molecule has 0 fully saturated rings. The second-order valence-electron chi connectivity index (χ2n) is 4.93. The van der Waals surface area contributed by atoms with Crippen LogP contribution in [-0.4, -0.2) is 9.97 Å². The zero-order valence-corrected chi connectivity index (χ0v) is 12.2. The van der Waals surface area contributed by atoms with Gasteiger partial charge in [0.05, 0.1) is 0 Å². The third-order valence-electron chi connectivity index (χ3n) is 3.51. The summed E-state index contributed by atoms with van der Waals surface area (Å²) in [5.41, 5.74) is 17.0. The van der Waals surface area contributed by atoms with Gasteiger partial charge in [-0.05, 0) is 23.3 Å². The third kappa shape index (κ3) is 2.41. The Hall–Kier alpha value is -2.59. The maximum atomic E-state index is 5.77. The summed E-state index contributed by atoms with van der Waals surface area (Å²) >= 11 is 5.01. The predicted octanol–water partition coefficient (Wildman–Crippen LogP) is 3.40. The highest BCUT2D eigenvalue weighted by Crippen LogP contribution is 2.30. The average molecular weight is 293 g/mol. The van der Waals surface area contributed by atoms with Crippen molar-refractivity contribution in [2.75, 3.05) is 0 Å². The number of rotatable bonds is 3. The van der Waals surface area contributed by atoms with Crippen LogP contribution in [0.4, 0.5) is 0 Å². The first kappa shape index (κ1) is 13.4. The summed E-state index contributed by atoms with van der Waals surface area (Å²) < 4.78 is 0. The molecule has 2 aromatic carbocycles. The molecular weight excluding hydrogens is 278 g/mol. The van der Waals surface area contributed by atoms with Gasteiger partial charge in [0.25, 0.3) is 0 Å². The van der Waals surface area contributed by atoms with Crippen LogP contribution in [0.2, 0.25) is 0 Å². The highest BCUT2D eigenvalue weighted by atomic mass is 32.1. The van der Waals surface area contributed by atoms with E-state index in [0.29, 0.717) is 10.7 Å². The minimum absolute atomic E-state index is 0.398. The Morgan fingerprint density at radius 1 is 1.05 bits per heavy atom. The van der Waals surface area contributed by atoms with Crippen molar-refractivity contribution < 1.29 is 0 Å². The Bertz CT molecular complexity index is 861. The molecule has 1 aromatic heterocycles. The number of aromatic amines is 1. The van der Waals surface area contributed by atoms with Crippen LogP contribution >= 0.6 is 12.2 Å².